The van der Waals surface area contributed by atoms with Crippen molar-refractivity contribution in [1.29, 1.82) is 5.41 Å². The number of nitrogens with two attached hydrogens (primary N) is 1. The molecular weight excluding hydrogens is 236 g/mol. The molecule has 0 radical (unpaired) electrons. The largest absolute Gasteiger partial charge is 0.384 e. The predicted molar refractivity (Wildman–Crippen MR) is 80.9 cm³/mol. The Labute approximate surface area is 113 Å². The highest BCUT2D eigenvalue weighted by molar-refractivity contribution is 6.02. The van der Waals surface area contributed by atoms with E-state index in [-0.39, 0.29) is 5.84 Å². The van der Waals surface area contributed by atoms with Gasteiger partial charge < -0.3 is 10.6 Å². The van der Waals surface area contributed by atoms with Crippen LogP contribution in [0.1, 0.15) is 19.4 Å². The fraction of sp³-hybridized carbons (Fsp3) is 0.333. The van der Waals surface area contributed by atoms with Crippen LogP contribution in [-0.4, -0.2) is 24.4 Å². The fourth-order valence-corrected chi connectivity index (χ4v) is 2.23. The number of fused-ring (bicyclic) bond motifs is 1. The van der Waals surface area contributed by atoms with Crippen LogP contribution >= 0.6 is 0 Å². The number of rotatable bonds is 4. The van der Waals surface area contributed by atoms with Gasteiger partial charge in [0.2, 0.25) is 0 Å². The standard InChI is InChI=1S/C15H20N4/c1-10(2)9-19(3)15-12(14(16)17)8-11-6-4-5-7-13(11)18-15/h4-8,10H,9H2,1-3H3,(H3,16,17). The Morgan fingerprint density at radius 1 is 1.37 bits per heavy atom. The van der Waals surface area contributed by atoms with Gasteiger partial charge in [0.15, 0.2) is 0 Å². The van der Waals surface area contributed by atoms with E-state index in [9.17, 15) is 0 Å². The highest BCUT2D eigenvalue weighted by Crippen LogP contribution is 2.23. The molecule has 0 aliphatic rings. The summed E-state index contributed by atoms with van der Waals surface area (Å²) < 4.78 is 0. The Balaban J connectivity index is 2.56. The van der Waals surface area contributed by atoms with Crippen molar-refractivity contribution in [2.24, 2.45) is 11.7 Å². The lowest BCUT2D eigenvalue weighted by Crippen LogP contribution is -2.27. The van der Waals surface area contributed by atoms with Gasteiger partial charge in [0.05, 0.1) is 11.1 Å². The summed E-state index contributed by atoms with van der Waals surface area (Å²) in [6.45, 7) is 5.20. The Bertz CT molecular complexity index is 604. The zero-order valence-corrected chi connectivity index (χ0v) is 11.6. The first kappa shape index (κ1) is 13.3. The normalized spacial score (nSPS) is 10.9. The number of amidine groups is 1. The van der Waals surface area contributed by atoms with Crippen LogP contribution in [0.4, 0.5) is 5.82 Å². The fourth-order valence-electron chi connectivity index (χ4n) is 2.23. The quantitative estimate of drug-likeness (QED) is 0.652. The maximum Gasteiger partial charge on any atom is 0.140 e. The van der Waals surface area contributed by atoms with Crippen molar-refractivity contribution in [3.63, 3.8) is 0 Å². The second-order valence-corrected chi connectivity index (χ2v) is 5.24. The van der Waals surface area contributed by atoms with E-state index >= 15 is 0 Å². The highest BCUT2D eigenvalue weighted by atomic mass is 15.2. The van der Waals surface area contributed by atoms with Gasteiger partial charge in [-0.25, -0.2) is 4.98 Å². The van der Waals surface area contributed by atoms with Gasteiger partial charge in [-0.2, -0.15) is 0 Å². The molecule has 0 atom stereocenters. The molecule has 0 amide bonds. The Morgan fingerprint density at radius 2 is 2.05 bits per heavy atom. The van der Waals surface area contributed by atoms with E-state index in [4.69, 9.17) is 11.1 Å². The lowest BCUT2D eigenvalue weighted by Gasteiger charge is -2.23. The van der Waals surface area contributed by atoms with Crippen molar-refractivity contribution in [2.75, 3.05) is 18.5 Å². The van der Waals surface area contributed by atoms with E-state index < -0.39 is 0 Å². The van der Waals surface area contributed by atoms with Crippen LogP contribution in [-0.2, 0) is 0 Å². The van der Waals surface area contributed by atoms with Crippen molar-refractivity contribution < 1.29 is 0 Å². The van der Waals surface area contributed by atoms with E-state index in [1.54, 1.807) is 0 Å². The molecule has 0 unspecified atom stereocenters. The maximum atomic E-state index is 7.74. The summed E-state index contributed by atoms with van der Waals surface area (Å²) in [4.78, 5) is 6.72. The average molecular weight is 256 g/mol. The lowest BCUT2D eigenvalue weighted by molar-refractivity contribution is 0.635. The smallest absolute Gasteiger partial charge is 0.140 e. The van der Waals surface area contributed by atoms with E-state index in [1.165, 1.54) is 0 Å². The first-order valence-corrected chi connectivity index (χ1v) is 6.44. The third-order valence-electron chi connectivity index (χ3n) is 2.99. The summed E-state index contributed by atoms with van der Waals surface area (Å²) in [5.41, 5.74) is 7.32. The number of benzene rings is 1. The molecule has 0 aliphatic heterocycles. The second-order valence-electron chi connectivity index (χ2n) is 5.24. The summed E-state index contributed by atoms with van der Waals surface area (Å²) >= 11 is 0. The number of anilines is 1. The zero-order chi connectivity index (χ0) is 14.0. The minimum atomic E-state index is 0.0591. The van der Waals surface area contributed by atoms with E-state index in [2.05, 4.69) is 23.7 Å². The van der Waals surface area contributed by atoms with E-state index in [1.807, 2.05) is 37.4 Å². The van der Waals surface area contributed by atoms with Gasteiger partial charge >= 0.3 is 0 Å². The number of hydrogen-bond acceptors (Lipinski definition) is 3. The van der Waals surface area contributed by atoms with Crippen molar-refractivity contribution >= 4 is 22.6 Å². The number of aromatic nitrogens is 1. The molecule has 0 saturated carbocycles. The molecule has 2 rings (SSSR count). The van der Waals surface area contributed by atoms with Crippen LogP contribution in [0.2, 0.25) is 0 Å². The van der Waals surface area contributed by atoms with E-state index in [0.717, 1.165) is 23.3 Å². The van der Waals surface area contributed by atoms with Crippen LogP contribution in [0.5, 0.6) is 0 Å². The summed E-state index contributed by atoms with van der Waals surface area (Å²) in [6.07, 6.45) is 0. The molecule has 4 heteroatoms. The average Bonchev–Trinajstić information content (AvgIpc) is 2.36. The van der Waals surface area contributed by atoms with Gasteiger partial charge in [-0.1, -0.05) is 32.0 Å². The highest BCUT2D eigenvalue weighted by Gasteiger charge is 2.14. The molecule has 100 valence electrons. The maximum absolute atomic E-state index is 7.74. The molecule has 0 saturated heterocycles. The van der Waals surface area contributed by atoms with Crippen LogP contribution in [0, 0.1) is 11.3 Å². The summed E-state index contributed by atoms with van der Waals surface area (Å²) in [5, 5.41) is 8.75. The summed E-state index contributed by atoms with van der Waals surface area (Å²) in [5.74, 6) is 1.36. The van der Waals surface area contributed by atoms with Gasteiger partial charge in [0, 0.05) is 19.0 Å². The molecule has 19 heavy (non-hydrogen) atoms. The Morgan fingerprint density at radius 3 is 2.68 bits per heavy atom. The first-order valence-electron chi connectivity index (χ1n) is 6.44. The number of nitrogen functional groups attached to an aromatic ring is 1. The minimum Gasteiger partial charge on any atom is -0.384 e. The summed E-state index contributed by atoms with van der Waals surface area (Å²) in [7, 11) is 1.99. The van der Waals surface area contributed by atoms with Gasteiger partial charge in [-0.05, 0) is 18.1 Å². The number of para-hydroxylation sites is 1. The van der Waals surface area contributed by atoms with Gasteiger partial charge in [0.1, 0.15) is 11.7 Å². The number of nitrogens with zero attached hydrogens (tertiary/aromatic N) is 2. The molecule has 2 aromatic rings. The molecule has 4 nitrogen and oxygen atoms in total. The van der Waals surface area contributed by atoms with Crippen LogP contribution in [0.15, 0.2) is 30.3 Å². The lowest BCUT2D eigenvalue weighted by atomic mass is 10.1. The molecule has 1 aromatic carbocycles. The number of pyridine rings is 1. The Hall–Kier alpha value is -2.10. The Kier molecular flexibility index (Phi) is 3.69. The van der Waals surface area contributed by atoms with Crippen molar-refractivity contribution in [2.45, 2.75) is 13.8 Å². The van der Waals surface area contributed by atoms with Crippen LogP contribution in [0.25, 0.3) is 10.9 Å². The van der Waals surface area contributed by atoms with E-state index in [0.29, 0.717) is 11.5 Å². The molecule has 0 spiro atoms. The van der Waals surface area contributed by atoms with Crippen molar-refractivity contribution in [3.05, 3.63) is 35.9 Å². The number of nitrogens with one attached hydrogen (secondary N) is 1. The SMILES string of the molecule is CC(C)CN(C)c1nc2ccccc2cc1C(=N)N. The molecule has 1 aromatic heterocycles. The molecule has 0 fully saturated rings. The predicted octanol–water partition coefficient (Wildman–Crippen LogP) is 2.61. The molecule has 3 N–H and O–H groups in total. The first-order chi connectivity index (χ1) is 8.99. The van der Waals surface area contributed by atoms with Gasteiger partial charge in [-0.15, -0.1) is 0 Å². The molecule has 1 heterocycles. The second kappa shape index (κ2) is 5.26. The minimum absolute atomic E-state index is 0.0591. The topological polar surface area (TPSA) is 66.0 Å². The zero-order valence-electron chi connectivity index (χ0n) is 11.6. The van der Waals surface area contributed by atoms with Crippen LogP contribution in [0.3, 0.4) is 0 Å². The van der Waals surface area contributed by atoms with Gasteiger partial charge in [-0.3, -0.25) is 5.41 Å². The number of hydrogen-bond donors (Lipinski definition) is 2. The summed E-state index contributed by atoms with van der Waals surface area (Å²) in [6, 6.07) is 9.84. The third-order valence-corrected chi connectivity index (χ3v) is 2.99. The van der Waals surface area contributed by atoms with Crippen molar-refractivity contribution in [1.82, 2.24) is 4.98 Å². The molecule has 0 bridgehead atoms. The monoisotopic (exact) mass is 256 g/mol. The molecule has 0 aliphatic carbocycles. The van der Waals surface area contributed by atoms with Crippen molar-refractivity contribution in [3.8, 4) is 0 Å². The molecular formula is C15H20N4. The van der Waals surface area contributed by atoms with Crippen LogP contribution < -0.4 is 10.6 Å². The third kappa shape index (κ3) is 2.84. The van der Waals surface area contributed by atoms with Gasteiger partial charge in [0.25, 0.3) is 0 Å².